The molecule has 0 radical (unpaired) electrons. The number of aryl methyl sites for hydroxylation is 1. The Morgan fingerprint density at radius 3 is 1.92 bits per heavy atom. The fourth-order valence-corrected chi connectivity index (χ4v) is 5.52. The molecule has 0 aromatic heterocycles. The minimum atomic E-state index is -1.96. The molecule has 1 aliphatic rings. The zero-order valence-electron chi connectivity index (χ0n) is 23.8. The molecular weight excluding hydrogens is 480 g/mol. The summed E-state index contributed by atoms with van der Waals surface area (Å²) in [5.74, 6) is -3.07. The molecule has 0 amide bonds. The van der Waals surface area contributed by atoms with E-state index >= 15 is 0 Å². The summed E-state index contributed by atoms with van der Waals surface area (Å²) in [6.07, 6.45) is 0.753. The topological polar surface area (TPSA) is 78.9 Å². The van der Waals surface area contributed by atoms with Gasteiger partial charge in [0.1, 0.15) is 11.0 Å². The summed E-state index contributed by atoms with van der Waals surface area (Å²) in [4.78, 5) is 43.1. The van der Waals surface area contributed by atoms with Crippen LogP contribution in [0.5, 0.6) is 0 Å². The van der Waals surface area contributed by atoms with Crippen molar-refractivity contribution in [2.45, 2.75) is 96.4 Å². The summed E-state index contributed by atoms with van der Waals surface area (Å²) >= 11 is 0. The molecule has 0 unspecified atom stereocenters. The lowest BCUT2D eigenvalue weighted by atomic mass is 9.61. The molecule has 6 nitrogen and oxygen atoms in total. The average Bonchev–Trinajstić information content (AvgIpc) is 3.05. The van der Waals surface area contributed by atoms with E-state index in [0.29, 0.717) is 16.7 Å². The van der Waals surface area contributed by atoms with Gasteiger partial charge < -0.3 is 14.2 Å². The number of allylic oxidation sites excluding steroid dienone is 1. The van der Waals surface area contributed by atoms with Gasteiger partial charge in [-0.25, -0.2) is 0 Å². The largest absolute Gasteiger partial charge is 0.462 e. The first-order valence-corrected chi connectivity index (χ1v) is 13.1. The first kappa shape index (κ1) is 29.2. The maximum absolute atomic E-state index is 14.4. The van der Waals surface area contributed by atoms with Gasteiger partial charge in [-0.3, -0.25) is 14.4 Å². The van der Waals surface area contributed by atoms with Crippen molar-refractivity contribution < 1.29 is 28.6 Å². The Labute approximate surface area is 226 Å². The standard InChI is InChI=1S/C32H40O6/c1-10-18-31(27(33)38-30(7,8)9)24-17-16-22(6)19-25(24)32(28(34)36-20(2)3,29(35)37-21(4)5)26(31)23-14-12-11-13-15-23/h10-17,19-21,26H,1,18H2,2-9H3/t26-,31-/m1/s1. The lowest BCUT2D eigenvalue weighted by molar-refractivity contribution is -0.173. The van der Waals surface area contributed by atoms with Crippen molar-refractivity contribution in [1.29, 1.82) is 0 Å². The minimum Gasteiger partial charge on any atom is -0.462 e. The first-order valence-electron chi connectivity index (χ1n) is 13.1. The summed E-state index contributed by atoms with van der Waals surface area (Å²) in [5, 5.41) is 0. The predicted molar refractivity (Wildman–Crippen MR) is 147 cm³/mol. The van der Waals surface area contributed by atoms with Crippen LogP contribution < -0.4 is 0 Å². The van der Waals surface area contributed by atoms with E-state index in [0.717, 1.165) is 5.56 Å². The normalized spacial score (nSPS) is 20.1. The lowest BCUT2D eigenvalue weighted by Crippen LogP contribution is -2.55. The number of rotatable bonds is 8. The fourth-order valence-electron chi connectivity index (χ4n) is 5.52. The van der Waals surface area contributed by atoms with Crippen LogP contribution in [0.3, 0.4) is 0 Å². The number of esters is 3. The van der Waals surface area contributed by atoms with Crippen molar-refractivity contribution in [1.82, 2.24) is 0 Å². The van der Waals surface area contributed by atoms with Crippen LogP contribution in [0.25, 0.3) is 0 Å². The molecule has 0 bridgehead atoms. The van der Waals surface area contributed by atoms with E-state index in [-0.39, 0.29) is 6.42 Å². The van der Waals surface area contributed by atoms with Gasteiger partial charge in [-0.15, -0.1) is 6.58 Å². The van der Waals surface area contributed by atoms with Gasteiger partial charge in [0.15, 0.2) is 5.41 Å². The maximum atomic E-state index is 14.4. The quantitative estimate of drug-likeness (QED) is 0.181. The second kappa shape index (κ2) is 10.8. The summed E-state index contributed by atoms with van der Waals surface area (Å²) in [7, 11) is 0. The van der Waals surface area contributed by atoms with Crippen molar-refractivity contribution in [2.75, 3.05) is 0 Å². The molecule has 2 aromatic carbocycles. The fraction of sp³-hybridized carbons (Fsp3) is 0.469. The Bertz CT molecular complexity index is 1180. The van der Waals surface area contributed by atoms with Crippen molar-refractivity contribution in [3.05, 3.63) is 83.4 Å². The molecule has 204 valence electrons. The van der Waals surface area contributed by atoms with E-state index in [1.807, 2.05) is 49.4 Å². The molecule has 0 spiro atoms. The number of carbonyl (C=O) groups excluding carboxylic acids is 3. The van der Waals surface area contributed by atoms with Crippen LogP contribution in [0.4, 0.5) is 0 Å². The summed E-state index contributed by atoms with van der Waals surface area (Å²) < 4.78 is 17.7. The molecule has 2 atom stereocenters. The molecule has 1 aliphatic carbocycles. The first-order chi connectivity index (χ1) is 17.7. The van der Waals surface area contributed by atoms with E-state index in [4.69, 9.17) is 14.2 Å². The van der Waals surface area contributed by atoms with Crippen LogP contribution in [0.2, 0.25) is 0 Å². The Balaban J connectivity index is 2.57. The maximum Gasteiger partial charge on any atom is 0.329 e. The minimum absolute atomic E-state index is 0.128. The molecule has 0 saturated heterocycles. The second-order valence-corrected chi connectivity index (χ2v) is 11.6. The lowest BCUT2D eigenvalue weighted by Gasteiger charge is -2.41. The molecule has 3 rings (SSSR count). The van der Waals surface area contributed by atoms with Gasteiger partial charge in [-0.05, 0) is 78.5 Å². The average molecular weight is 521 g/mol. The highest BCUT2D eigenvalue weighted by Gasteiger charge is 2.72. The van der Waals surface area contributed by atoms with Crippen molar-refractivity contribution in [3.63, 3.8) is 0 Å². The van der Waals surface area contributed by atoms with E-state index in [9.17, 15) is 14.4 Å². The number of carbonyl (C=O) groups is 3. The van der Waals surface area contributed by atoms with E-state index in [1.54, 1.807) is 60.6 Å². The SMILES string of the molecule is C=CC[C@@]1(C(=O)OC(C)(C)C)c2ccc(C)cc2C(C(=O)OC(C)C)(C(=O)OC(C)C)[C@@H]1c1ccccc1. The highest BCUT2D eigenvalue weighted by atomic mass is 16.6. The number of benzene rings is 2. The number of ether oxygens (including phenoxy) is 3. The van der Waals surface area contributed by atoms with Gasteiger partial charge in [-0.2, -0.15) is 0 Å². The van der Waals surface area contributed by atoms with Gasteiger partial charge >= 0.3 is 17.9 Å². The van der Waals surface area contributed by atoms with Crippen LogP contribution in [-0.4, -0.2) is 35.7 Å². The van der Waals surface area contributed by atoms with Crippen LogP contribution >= 0.6 is 0 Å². The summed E-state index contributed by atoms with van der Waals surface area (Å²) in [5.41, 5.74) is -1.85. The van der Waals surface area contributed by atoms with Gasteiger partial charge in [-0.1, -0.05) is 60.2 Å². The summed E-state index contributed by atoms with van der Waals surface area (Å²) in [6, 6.07) is 14.6. The second-order valence-electron chi connectivity index (χ2n) is 11.6. The number of hydrogen-bond donors (Lipinski definition) is 0. The van der Waals surface area contributed by atoms with Gasteiger partial charge in [0.2, 0.25) is 0 Å². The third-order valence-corrected chi connectivity index (χ3v) is 6.70. The molecule has 6 heteroatoms. The zero-order chi connectivity index (χ0) is 28.5. The van der Waals surface area contributed by atoms with Gasteiger partial charge in [0.05, 0.1) is 12.2 Å². The van der Waals surface area contributed by atoms with Gasteiger partial charge in [0, 0.05) is 5.92 Å². The third kappa shape index (κ3) is 5.01. The number of hydrogen-bond acceptors (Lipinski definition) is 6. The Kier molecular flexibility index (Phi) is 8.25. The predicted octanol–water partition coefficient (Wildman–Crippen LogP) is 6.09. The molecule has 0 saturated carbocycles. The third-order valence-electron chi connectivity index (χ3n) is 6.70. The molecular formula is C32H40O6. The summed E-state index contributed by atoms with van der Waals surface area (Å²) in [6.45, 7) is 18.1. The van der Waals surface area contributed by atoms with E-state index < -0.39 is 52.5 Å². The monoisotopic (exact) mass is 520 g/mol. The van der Waals surface area contributed by atoms with Crippen molar-refractivity contribution in [2.24, 2.45) is 0 Å². The van der Waals surface area contributed by atoms with Crippen LogP contribution in [-0.2, 0) is 39.4 Å². The van der Waals surface area contributed by atoms with Gasteiger partial charge in [0.25, 0.3) is 0 Å². The molecule has 0 heterocycles. The highest BCUT2D eigenvalue weighted by molar-refractivity contribution is 6.12. The molecule has 0 N–H and O–H groups in total. The van der Waals surface area contributed by atoms with Crippen molar-refractivity contribution >= 4 is 17.9 Å². The number of fused-ring (bicyclic) bond motifs is 1. The zero-order valence-corrected chi connectivity index (χ0v) is 23.8. The Morgan fingerprint density at radius 1 is 0.895 bits per heavy atom. The Morgan fingerprint density at radius 2 is 1.45 bits per heavy atom. The van der Waals surface area contributed by atoms with E-state index in [1.165, 1.54) is 0 Å². The van der Waals surface area contributed by atoms with Crippen LogP contribution in [0, 0.1) is 6.92 Å². The van der Waals surface area contributed by atoms with Crippen molar-refractivity contribution in [3.8, 4) is 0 Å². The molecule has 0 fully saturated rings. The van der Waals surface area contributed by atoms with E-state index in [2.05, 4.69) is 6.58 Å². The Hall–Kier alpha value is -3.41. The molecule has 2 aromatic rings. The van der Waals surface area contributed by atoms with Crippen LogP contribution in [0.15, 0.2) is 61.2 Å². The highest BCUT2D eigenvalue weighted by Crippen LogP contribution is 2.62. The molecule has 38 heavy (non-hydrogen) atoms. The van der Waals surface area contributed by atoms with Crippen LogP contribution in [0.1, 0.15) is 83.1 Å². The molecule has 0 aliphatic heterocycles. The smallest absolute Gasteiger partial charge is 0.329 e.